The summed E-state index contributed by atoms with van der Waals surface area (Å²) in [6.07, 6.45) is 2.11. The van der Waals surface area contributed by atoms with E-state index in [4.69, 9.17) is 9.47 Å². The smallest absolute Gasteiger partial charge is 0.122 e. The van der Waals surface area contributed by atoms with Crippen LogP contribution in [0.5, 0.6) is 5.75 Å². The summed E-state index contributed by atoms with van der Waals surface area (Å²) in [6, 6.07) is 8.17. The Kier molecular flexibility index (Phi) is 2.46. The number of benzene rings is 1. The lowest BCUT2D eigenvalue weighted by Gasteiger charge is -2.09. The van der Waals surface area contributed by atoms with Crippen molar-refractivity contribution >= 4 is 0 Å². The molecule has 1 aromatic carbocycles. The maximum atomic E-state index is 5.35. The number of epoxide rings is 1. The lowest BCUT2D eigenvalue weighted by Crippen LogP contribution is -2.06. The van der Waals surface area contributed by atoms with Gasteiger partial charge in [0, 0.05) is 0 Å². The largest absolute Gasteiger partial charge is 0.496 e. The molecule has 0 radical (unpaired) electrons. The highest BCUT2D eigenvalue weighted by Crippen LogP contribution is 2.32. The molecule has 1 aliphatic heterocycles. The Labute approximate surface area is 84.8 Å². The summed E-state index contributed by atoms with van der Waals surface area (Å²) >= 11 is 0. The zero-order valence-electron chi connectivity index (χ0n) is 8.75. The Hall–Kier alpha value is -1.02. The molecule has 1 heterocycles. The molecule has 76 valence electrons. The first-order valence-corrected chi connectivity index (χ1v) is 4.99. The first-order valence-electron chi connectivity index (χ1n) is 4.99. The fourth-order valence-corrected chi connectivity index (χ4v) is 1.58. The van der Waals surface area contributed by atoms with Crippen molar-refractivity contribution < 1.29 is 9.47 Å². The van der Waals surface area contributed by atoms with Gasteiger partial charge in [0.1, 0.15) is 5.75 Å². The van der Waals surface area contributed by atoms with Crippen molar-refractivity contribution in [3.05, 3.63) is 29.8 Å². The molecule has 1 unspecified atom stereocenters. The average Bonchev–Trinajstić information content (AvgIpc) is 2.95. The van der Waals surface area contributed by atoms with Gasteiger partial charge in [-0.2, -0.15) is 0 Å². The van der Waals surface area contributed by atoms with E-state index in [0.29, 0.717) is 0 Å². The van der Waals surface area contributed by atoms with E-state index in [1.54, 1.807) is 7.11 Å². The molecule has 2 nitrogen and oxygen atoms in total. The Morgan fingerprint density at radius 2 is 2.14 bits per heavy atom. The fraction of sp³-hybridized carbons (Fsp3) is 0.500. The van der Waals surface area contributed by atoms with Gasteiger partial charge in [-0.1, -0.05) is 18.2 Å². The molecule has 2 rings (SSSR count). The minimum atomic E-state index is 0.140. The first-order chi connectivity index (χ1) is 6.73. The van der Waals surface area contributed by atoms with Crippen molar-refractivity contribution in [1.82, 2.24) is 0 Å². The van der Waals surface area contributed by atoms with Crippen LogP contribution in [0.15, 0.2) is 24.3 Å². The molecule has 0 bridgehead atoms. The third kappa shape index (κ3) is 2.07. The van der Waals surface area contributed by atoms with Gasteiger partial charge in [-0.3, -0.25) is 0 Å². The van der Waals surface area contributed by atoms with Crippen molar-refractivity contribution in [2.75, 3.05) is 13.7 Å². The van der Waals surface area contributed by atoms with Crippen LogP contribution in [0.3, 0.4) is 0 Å². The predicted molar refractivity (Wildman–Crippen MR) is 55.7 cm³/mol. The molecule has 14 heavy (non-hydrogen) atoms. The second-order valence-corrected chi connectivity index (χ2v) is 4.05. The van der Waals surface area contributed by atoms with E-state index in [0.717, 1.165) is 25.2 Å². The monoisotopic (exact) mass is 192 g/mol. The molecule has 1 aliphatic rings. The Bertz CT molecular complexity index is 316. The molecule has 1 atom stereocenters. The summed E-state index contributed by atoms with van der Waals surface area (Å²) in [6.45, 7) is 3.06. The topological polar surface area (TPSA) is 21.8 Å². The van der Waals surface area contributed by atoms with Crippen LogP contribution in [0.4, 0.5) is 0 Å². The first kappa shape index (κ1) is 9.53. The lowest BCUT2D eigenvalue weighted by molar-refractivity contribution is 0.308. The molecule has 2 heteroatoms. The lowest BCUT2D eigenvalue weighted by atomic mass is 10.0. The molecular formula is C12H16O2. The highest BCUT2D eigenvalue weighted by Gasteiger charge is 2.38. The highest BCUT2D eigenvalue weighted by atomic mass is 16.6. The predicted octanol–water partition coefficient (Wildman–Crippen LogP) is 2.42. The Morgan fingerprint density at radius 3 is 2.79 bits per heavy atom. The normalized spacial score (nSPS) is 24.7. The maximum Gasteiger partial charge on any atom is 0.122 e. The van der Waals surface area contributed by atoms with Gasteiger partial charge in [0.25, 0.3) is 0 Å². The van der Waals surface area contributed by atoms with Crippen molar-refractivity contribution in [2.45, 2.75) is 25.4 Å². The van der Waals surface area contributed by atoms with E-state index in [1.807, 2.05) is 18.2 Å². The summed E-state index contributed by atoms with van der Waals surface area (Å²) in [5.41, 5.74) is 1.41. The summed E-state index contributed by atoms with van der Waals surface area (Å²) in [5, 5.41) is 0. The Balaban J connectivity index is 2.00. The third-order valence-corrected chi connectivity index (χ3v) is 2.75. The van der Waals surface area contributed by atoms with Gasteiger partial charge in [0.2, 0.25) is 0 Å². The zero-order valence-corrected chi connectivity index (χ0v) is 8.75. The molecule has 0 spiro atoms. The van der Waals surface area contributed by atoms with E-state index in [-0.39, 0.29) is 5.60 Å². The van der Waals surface area contributed by atoms with Crippen LogP contribution in [0.2, 0.25) is 0 Å². The SMILES string of the molecule is COc1ccccc1CCC1(C)CO1. The van der Waals surface area contributed by atoms with Gasteiger partial charge >= 0.3 is 0 Å². The molecule has 1 aromatic rings. The van der Waals surface area contributed by atoms with E-state index in [2.05, 4.69) is 13.0 Å². The minimum absolute atomic E-state index is 0.140. The zero-order chi connectivity index (χ0) is 10.0. The fourth-order valence-electron chi connectivity index (χ4n) is 1.58. The van der Waals surface area contributed by atoms with Gasteiger partial charge in [0.05, 0.1) is 19.3 Å². The number of hydrogen-bond acceptors (Lipinski definition) is 2. The molecule has 0 aromatic heterocycles. The molecule has 0 amide bonds. The van der Waals surface area contributed by atoms with E-state index in [9.17, 15) is 0 Å². The summed E-state index contributed by atoms with van der Waals surface area (Å²) in [4.78, 5) is 0. The van der Waals surface area contributed by atoms with E-state index in [1.165, 1.54) is 5.56 Å². The van der Waals surface area contributed by atoms with Crippen molar-refractivity contribution in [1.29, 1.82) is 0 Å². The standard InChI is InChI=1S/C12H16O2/c1-12(9-14-12)8-7-10-5-3-4-6-11(10)13-2/h3-6H,7-9H2,1-2H3. The maximum absolute atomic E-state index is 5.35. The third-order valence-electron chi connectivity index (χ3n) is 2.75. The average molecular weight is 192 g/mol. The van der Waals surface area contributed by atoms with Crippen LogP contribution in [0.25, 0.3) is 0 Å². The molecular weight excluding hydrogens is 176 g/mol. The molecule has 0 saturated carbocycles. The minimum Gasteiger partial charge on any atom is -0.496 e. The van der Waals surface area contributed by atoms with Gasteiger partial charge in [-0.25, -0.2) is 0 Å². The van der Waals surface area contributed by atoms with Gasteiger partial charge in [0.15, 0.2) is 0 Å². The molecule has 1 saturated heterocycles. The van der Waals surface area contributed by atoms with E-state index >= 15 is 0 Å². The number of rotatable bonds is 4. The van der Waals surface area contributed by atoms with Crippen LogP contribution in [0.1, 0.15) is 18.9 Å². The summed E-state index contributed by atoms with van der Waals surface area (Å²) in [5.74, 6) is 0.983. The van der Waals surface area contributed by atoms with Crippen molar-refractivity contribution in [3.63, 3.8) is 0 Å². The number of para-hydroxylation sites is 1. The van der Waals surface area contributed by atoms with Crippen LogP contribution < -0.4 is 4.74 Å². The molecule has 0 N–H and O–H groups in total. The molecule has 1 fully saturated rings. The number of aryl methyl sites for hydroxylation is 1. The van der Waals surface area contributed by atoms with Crippen LogP contribution >= 0.6 is 0 Å². The quantitative estimate of drug-likeness (QED) is 0.683. The Morgan fingerprint density at radius 1 is 1.43 bits per heavy atom. The van der Waals surface area contributed by atoms with Crippen LogP contribution in [0, 0.1) is 0 Å². The summed E-state index contributed by atoms with van der Waals surface area (Å²) < 4.78 is 10.6. The number of methoxy groups -OCH3 is 1. The highest BCUT2D eigenvalue weighted by molar-refractivity contribution is 5.33. The van der Waals surface area contributed by atoms with E-state index < -0.39 is 0 Å². The second-order valence-electron chi connectivity index (χ2n) is 4.05. The van der Waals surface area contributed by atoms with Gasteiger partial charge < -0.3 is 9.47 Å². The number of ether oxygens (including phenoxy) is 2. The summed E-state index contributed by atoms with van der Waals surface area (Å²) in [7, 11) is 1.72. The van der Waals surface area contributed by atoms with Crippen LogP contribution in [-0.2, 0) is 11.2 Å². The van der Waals surface area contributed by atoms with Crippen molar-refractivity contribution in [2.24, 2.45) is 0 Å². The van der Waals surface area contributed by atoms with Gasteiger partial charge in [-0.05, 0) is 31.4 Å². The molecule has 0 aliphatic carbocycles. The number of hydrogen-bond donors (Lipinski definition) is 0. The van der Waals surface area contributed by atoms with Gasteiger partial charge in [-0.15, -0.1) is 0 Å². The second kappa shape index (κ2) is 3.62. The van der Waals surface area contributed by atoms with Crippen LogP contribution in [-0.4, -0.2) is 19.3 Å². The van der Waals surface area contributed by atoms with Crippen molar-refractivity contribution in [3.8, 4) is 5.75 Å².